The van der Waals surface area contributed by atoms with E-state index in [4.69, 9.17) is 9.15 Å². The first-order chi connectivity index (χ1) is 6.63. The summed E-state index contributed by atoms with van der Waals surface area (Å²) in [6.07, 6.45) is 1.57. The summed E-state index contributed by atoms with van der Waals surface area (Å²) in [6.45, 7) is 3.31. The third-order valence-electron chi connectivity index (χ3n) is 2.01. The van der Waals surface area contributed by atoms with Crippen LogP contribution in [0.4, 0.5) is 0 Å². The number of aryl methyl sites for hydroxylation is 1. The summed E-state index contributed by atoms with van der Waals surface area (Å²) in [5.74, 6) is 0.186. The van der Waals surface area contributed by atoms with Gasteiger partial charge in [0.2, 0.25) is 0 Å². The number of hydrogen-bond acceptors (Lipinski definition) is 4. The number of esters is 1. The molecule has 0 saturated carbocycles. The lowest BCUT2D eigenvalue weighted by molar-refractivity contribution is 0.0715. The minimum atomic E-state index is -0.529. The maximum absolute atomic E-state index is 11.4. The van der Waals surface area contributed by atoms with E-state index in [1.807, 2.05) is 0 Å². The van der Waals surface area contributed by atoms with E-state index in [0.717, 1.165) is 0 Å². The first-order valence-electron chi connectivity index (χ1n) is 4.17. The van der Waals surface area contributed by atoms with E-state index in [-0.39, 0.29) is 16.9 Å². The average molecular weight is 192 g/mol. The Balaban J connectivity index is 2.81. The SMILES string of the molecule is CC=C1OC(=O)c2cc(C)oc(=O)c21. The average Bonchev–Trinajstić information content (AvgIpc) is 2.43. The van der Waals surface area contributed by atoms with E-state index in [1.54, 1.807) is 19.9 Å². The molecule has 0 atom stereocenters. The van der Waals surface area contributed by atoms with Crippen molar-refractivity contribution in [2.75, 3.05) is 0 Å². The topological polar surface area (TPSA) is 56.5 Å². The second-order valence-corrected chi connectivity index (χ2v) is 2.98. The lowest BCUT2D eigenvalue weighted by Gasteiger charge is -1.94. The monoisotopic (exact) mass is 192 g/mol. The van der Waals surface area contributed by atoms with Gasteiger partial charge in [-0.05, 0) is 26.0 Å². The quantitative estimate of drug-likeness (QED) is 0.584. The van der Waals surface area contributed by atoms with Gasteiger partial charge in [0, 0.05) is 0 Å². The lowest BCUT2D eigenvalue weighted by atomic mass is 10.1. The minimum Gasteiger partial charge on any atom is -0.428 e. The molecule has 2 rings (SSSR count). The minimum absolute atomic E-state index is 0.225. The highest BCUT2D eigenvalue weighted by atomic mass is 16.5. The van der Waals surface area contributed by atoms with E-state index in [1.165, 1.54) is 6.07 Å². The standard InChI is InChI=1S/C10H8O4/c1-3-7-8-6(9(11)14-7)4-5(2)13-10(8)12/h3-4H,1-2H3. The number of fused-ring (bicyclic) bond motifs is 1. The van der Waals surface area contributed by atoms with Crippen LogP contribution in [-0.2, 0) is 4.74 Å². The smallest absolute Gasteiger partial charge is 0.347 e. The zero-order valence-corrected chi connectivity index (χ0v) is 7.79. The van der Waals surface area contributed by atoms with Crippen molar-refractivity contribution in [3.8, 4) is 0 Å². The Labute approximate surface area is 79.8 Å². The summed E-state index contributed by atoms with van der Waals surface area (Å²) >= 11 is 0. The van der Waals surface area contributed by atoms with E-state index < -0.39 is 11.6 Å². The van der Waals surface area contributed by atoms with Crippen molar-refractivity contribution in [2.45, 2.75) is 13.8 Å². The Hall–Kier alpha value is -1.84. The molecule has 0 spiro atoms. The van der Waals surface area contributed by atoms with E-state index in [2.05, 4.69) is 0 Å². The Kier molecular flexibility index (Phi) is 1.77. The number of carbonyl (C=O) groups excluding carboxylic acids is 1. The predicted octanol–water partition coefficient (Wildman–Crippen LogP) is 1.48. The summed E-state index contributed by atoms with van der Waals surface area (Å²) in [7, 11) is 0. The van der Waals surface area contributed by atoms with Crippen LogP contribution in [0.15, 0.2) is 21.4 Å². The van der Waals surface area contributed by atoms with Crippen molar-refractivity contribution in [1.82, 2.24) is 0 Å². The Bertz CT molecular complexity index is 493. The number of hydrogen-bond donors (Lipinski definition) is 0. The highest BCUT2D eigenvalue weighted by molar-refractivity contribution is 6.02. The molecular formula is C10H8O4. The molecule has 14 heavy (non-hydrogen) atoms. The Morgan fingerprint density at radius 3 is 2.71 bits per heavy atom. The summed E-state index contributed by atoms with van der Waals surface area (Å²) in [5, 5.41) is 0. The molecule has 0 amide bonds. The molecule has 0 saturated heterocycles. The van der Waals surface area contributed by atoms with Crippen LogP contribution in [0.5, 0.6) is 0 Å². The van der Waals surface area contributed by atoms with Crippen molar-refractivity contribution in [1.29, 1.82) is 0 Å². The van der Waals surface area contributed by atoms with E-state index in [9.17, 15) is 9.59 Å². The molecule has 0 unspecified atom stereocenters. The van der Waals surface area contributed by atoms with Crippen molar-refractivity contribution >= 4 is 11.7 Å². The van der Waals surface area contributed by atoms with E-state index >= 15 is 0 Å². The summed E-state index contributed by atoms with van der Waals surface area (Å²) < 4.78 is 9.75. The summed E-state index contributed by atoms with van der Waals surface area (Å²) in [4.78, 5) is 22.7. The zero-order chi connectivity index (χ0) is 10.3. The van der Waals surface area contributed by atoms with E-state index in [0.29, 0.717) is 5.76 Å². The largest absolute Gasteiger partial charge is 0.428 e. The van der Waals surface area contributed by atoms with Crippen molar-refractivity contribution < 1.29 is 13.9 Å². The molecule has 72 valence electrons. The van der Waals surface area contributed by atoms with Gasteiger partial charge in [-0.1, -0.05) is 0 Å². The van der Waals surface area contributed by atoms with Gasteiger partial charge in [-0.2, -0.15) is 0 Å². The van der Waals surface area contributed by atoms with Crippen molar-refractivity contribution in [3.63, 3.8) is 0 Å². The second-order valence-electron chi connectivity index (χ2n) is 2.98. The number of carbonyl (C=O) groups is 1. The summed E-state index contributed by atoms with van der Waals surface area (Å²) in [6, 6.07) is 1.51. The van der Waals surface area contributed by atoms with Gasteiger partial charge in [-0.15, -0.1) is 0 Å². The predicted molar refractivity (Wildman–Crippen MR) is 48.8 cm³/mol. The number of allylic oxidation sites excluding steroid dienone is 1. The van der Waals surface area contributed by atoms with Crippen LogP contribution in [-0.4, -0.2) is 5.97 Å². The molecule has 0 aliphatic carbocycles. The van der Waals surface area contributed by atoms with Gasteiger partial charge < -0.3 is 9.15 Å². The first-order valence-corrected chi connectivity index (χ1v) is 4.17. The number of rotatable bonds is 0. The number of ether oxygens (including phenoxy) is 1. The molecule has 0 N–H and O–H groups in total. The van der Waals surface area contributed by atoms with Gasteiger partial charge in [0.25, 0.3) is 0 Å². The fourth-order valence-electron chi connectivity index (χ4n) is 1.42. The van der Waals surface area contributed by atoms with Gasteiger partial charge in [-0.25, -0.2) is 9.59 Å². The molecule has 1 aromatic rings. The number of cyclic esters (lactones) is 1. The molecule has 4 nitrogen and oxygen atoms in total. The third kappa shape index (κ3) is 1.08. The molecule has 4 heteroatoms. The fraction of sp³-hybridized carbons (Fsp3) is 0.200. The van der Waals surface area contributed by atoms with Gasteiger partial charge in [0.15, 0.2) is 0 Å². The maximum Gasteiger partial charge on any atom is 0.347 e. The van der Waals surface area contributed by atoms with Crippen LogP contribution in [0.3, 0.4) is 0 Å². The summed E-state index contributed by atoms with van der Waals surface area (Å²) in [5.41, 5.74) is -0.0195. The van der Waals surface area contributed by atoms with Crippen LogP contribution < -0.4 is 5.63 Å². The van der Waals surface area contributed by atoms with Crippen molar-refractivity contribution in [3.05, 3.63) is 39.4 Å². The molecule has 1 aliphatic rings. The van der Waals surface area contributed by atoms with Crippen molar-refractivity contribution in [2.24, 2.45) is 0 Å². The molecule has 0 bridgehead atoms. The Morgan fingerprint density at radius 1 is 1.36 bits per heavy atom. The Morgan fingerprint density at radius 2 is 2.07 bits per heavy atom. The van der Waals surface area contributed by atoms with Gasteiger partial charge in [-0.3, -0.25) is 0 Å². The van der Waals surface area contributed by atoms with Crippen LogP contribution in [0.25, 0.3) is 5.76 Å². The molecule has 0 aromatic carbocycles. The molecule has 0 fully saturated rings. The molecule has 0 radical (unpaired) electrons. The van der Waals surface area contributed by atoms with Crippen LogP contribution in [0.1, 0.15) is 28.6 Å². The second kappa shape index (κ2) is 2.83. The highest BCUT2D eigenvalue weighted by Crippen LogP contribution is 2.26. The van der Waals surface area contributed by atoms with Crippen LogP contribution in [0.2, 0.25) is 0 Å². The molecule has 1 aromatic heterocycles. The molecular weight excluding hydrogens is 184 g/mol. The van der Waals surface area contributed by atoms with Gasteiger partial charge in [0.05, 0.1) is 5.56 Å². The zero-order valence-electron chi connectivity index (χ0n) is 7.79. The molecule has 1 aliphatic heterocycles. The lowest BCUT2D eigenvalue weighted by Crippen LogP contribution is -2.07. The maximum atomic E-state index is 11.4. The van der Waals surface area contributed by atoms with Crippen LogP contribution in [0, 0.1) is 6.92 Å². The molecule has 2 heterocycles. The normalized spacial score (nSPS) is 17.0. The van der Waals surface area contributed by atoms with Gasteiger partial charge in [0.1, 0.15) is 17.1 Å². The van der Waals surface area contributed by atoms with Gasteiger partial charge >= 0.3 is 11.6 Å². The first kappa shape index (κ1) is 8.74. The third-order valence-corrected chi connectivity index (χ3v) is 2.01. The fourth-order valence-corrected chi connectivity index (χ4v) is 1.42. The van der Waals surface area contributed by atoms with Crippen LogP contribution >= 0.6 is 0 Å². The highest BCUT2D eigenvalue weighted by Gasteiger charge is 2.30.